The quantitative estimate of drug-likeness (QED) is 0.729. The first-order chi connectivity index (χ1) is 14.9. The summed E-state index contributed by atoms with van der Waals surface area (Å²) < 4.78 is 10.9. The third-order valence-electron chi connectivity index (χ3n) is 5.29. The minimum Gasteiger partial charge on any atom is -0.462 e. The molecule has 1 aromatic heterocycles. The summed E-state index contributed by atoms with van der Waals surface area (Å²) in [7, 11) is 0. The van der Waals surface area contributed by atoms with Crippen LogP contribution in [0.15, 0.2) is 44.9 Å². The molecule has 0 atom stereocenters. The molecule has 0 unspecified atom stereocenters. The Morgan fingerprint density at radius 2 is 2.00 bits per heavy atom. The molecule has 0 saturated heterocycles. The van der Waals surface area contributed by atoms with Crippen molar-refractivity contribution in [3.63, 3.8) is 0 Å². The second kappa shape index (κ2) is 8.22. The zero-order chi connectivity index (χ0) is 22.1. The number of aliphatic imine (C=N–C) groups is 1. The van der Waals surface area contributed by atoms with Crippen LogP contribution in [-0.4, -0.2) is 30.1 Å². The summed E-state index contributed by atoms with van der Waals surface area (Å²) in [5, 5.41) is 5.86. The zero-order valence-corrected chi connectivity index (χ0v) is 17.6. The third-order valence-corrected chi connectivity index (χ3v) is 5.29. The normalized spacial score (nSPS) is 15.3. The molecule has 2 heterocycles. The molecule has 1 aliphatic heterocycles. The molecule has 1 aliphatic carbocycles. The maximum atomic E-state index is 13.1. The molecule has 2 aliphatic rings. The van der Waals surface area contributed by atoms with Crippen molar-refractivity contribution >= 4 is 34.9 Å². The number of ketones is 1. The summed E-state index contributed by atoms with van der Waals surface area (Å²) in [5.41, 5.74) is 2.86. The third kappa shape index (κ3) is 3.76. The lowest BCUT2D eigenvalue weighted by Gasteiger charge is -2.13. The van der Waals surface area contributed by atoms with E-state index in [0.717, 1.165) is 0 Å². The smallest absolute Gasteiger partial charge is 0.343 e. The molecule has 0 radical (unpaired) electrons. The van der Waals surface area contributed by atoms with Crippen LogP contribution >= 0.6 is 0 Å². The molecule has 8 nitrogen and oxygen atoms in total. The first-order valence-electron chi connectivity index (χ1n) is 10.2. The number of fused-ring (bicyclic) bond motifs is 2. The van der Waals surface area contributed by atoms with Crippen molar-refractivity contribution in [3.8, 4) is 0 Å². The molecule has 8 heteroatoms. The molecule has 2 aromatic rings. The van der Waals surface area contributed by atoms with Gasteiger partial charge in [-0.15, -0.1) is 0 Å². The van der Waals surface area contributed by atoms with Gasteiger partial charge < -0.3 is 19.8 Å². The van der Waals surface area contributed by atoms with Crippen LogP contribution in [0.25, 0.3) is 0 Å². The maximum Gasteiger partial charge on any atom is 0.343 e. The number of para-hydroxylation sites is 2. The van der Waals surface area contributed by atoms with Gasteiger partial charge in [0.05, 0.1) is 23.5 Å². The summed E-state index contributed by atoms with van der Waals surface area (Å²) in [4.78, 5) is 42.6. The highest BCUT2D eigenvalue weighted by atomic mass is 16.5. The monoisotopic (exact) mass is 421 g/mol. The lowest BCUT2D eigenvalue weighted by atomic mass is 9.94. The van der Waals surface area contributed by atoms with Crippen molar-refractivity contribution in [2.75, 3.05) is 11.9 Å². The highest BCUT2D eigenvalue weighted by Crippen LogP contribution is 2.31. The largest absolute Gasteiger partial charge is 0.462 e. The van der Waals surface area contributed by atoms with Crippen molar-refractivity contribution in [2.45, 2.75) is 40.0 Å². The fourth-order valence-corrected chi connectivity index (χ4v) is 3.87. The molecule has 31 heavy (non-hydrogen) atoms. The maximum absolute atomic E-state index is 13.1. The van der Waals surface area contributed by atoms with E-state index in [-0.39, 0.29) is 29.6 Å². The molecule has 2 N–H and O–H groups in total. The van der Waals surface area contributed by atoms with Crippen molar-refractivity contribution in [2.24, 2.45) is 4.99 Å². The number of ether oxygens (including phenoxy) is 1. The first-order valence-corrected chi connectivity index (χ1v) is 10.2. The summed E-state index contributed by atoms with van der Waals surface area (Å²) in [6.07, 6.45) is 1.75. The van der Waals surface area contributed by atoms with E-state index in [9.17, 15) is 14.4 Å². The minimum atomic E-state index is -0.606. The van der Waals surface area contributed by atoms with Crippen molar-refractivity contribution in [1.82, 2.24) is 5.32 Å². The Morgan fingerprint density at radius 3 is 2.74 bits per heavy atom. The number of carbonyl (C=O) groups excluding carboxylic acids is 3. The number of benzene rings is 1. The van der Waals surface area contributed by atoms with Crippen molar-refractivity contribution in [1.29, 1.82) is 0 Å². The summed E-state index contributed by atoms with van der Waals surface area (Å²) >= 11 is 0. The van der Waals surface area contributed by atoms with Gasteiger partial charge in [-0.05, 0) is 39.3 Å². The number of allylic oxidation sites excluding steroid dienone is 1. The van der Waals surface area contributed by atoms with E-state index in [2.05, 4.69) is 15.6 Å². The fraction of sp³-hybridized carbons (Fsp3) is 0.304. The van der Waals surface area contributed by atoms with Gasteiger partial charge in [-0.25, -0.2) is 9.79 Å². The van der Waals surface area contributed by atoms with Crippen LogP contribution in [0.2, 0.25) is 0 Å². The Morgan fingerprint density at radius 1 is 1.23 bits per heavy atom. The first kappa shape index (κ1) is 20.6. The SMILES string of the molecule is CCOC(=O)C1=C(C)Nc2ccccc2N=C1NC(=O)c1oc2c(c1C)C(=O)CCC2. The van der Waals surface area contributed by atoms with Crippen LogP contribution in [0, 0.1) is 6.92 Å². The van der Waals surface area contributed by atoms with E-state index >= 15 is 0 Å². The lowest BCUT2D eigenvalue weighted by molar-refractivity contribution is -0.137. The van der Waals surface area contributed by atoms with Gasteiger partial charge in [-0.1, -0.05) is 12.1 Å². The van der Waals surface area contributed by atoms with E-state index in [1.807, 2.05) is 18.2 Å². The molecule has 1 amide bonds. The molecular weight excluding hydrogens is 398 g/mol. The van der Waals surface area contributed by atoms with Gasteiger partial charge >= 0.3 is 5.97 Å². The highest BCUT2D eigenvalue weighted by molar-refractivity contribution is 6.25. The van der Waals surface area contributed by atoms with Gasteiger partial charge in [0, 0.05) is 24.1 Å². The topological polar surface area (TPSA) is 110 Å². The van der Waals surface area contributed by atoms with Gasteiger partial charge in [0.25, 0.3) is 5.91 Å². The van der Waals surface area contributed by atoms with Gasteiger partial charge in [0.1, 0.15) is 17.2 Å². The number of rotatable bonds is 3. The number of nitrogens with one attached hydrogen (secondary N) is 2. The molecule has 4 rings (SSSR count). The summed E-state index contributed by atoms with van der Waals surface area (Å²) in [5.74, 6) is -0.564. The molecule has 0 spiro atoms. The number of furan rings is 1. The Kier molecular flexibility index (Phi) is 5.46. The van der Waals surface area contributed by atoms with Crippen LogP contribution in [0.4, 0.5) is 11.4 Å². The highest BCUT2D eigenvalue weighted by Gasteiger charge is 2.31. The predicted molar refractivity (Wildman–Crippen MR) is 115 cm³/mol. The van der Waals surface area contributed by atoms with Crippen molar-refractivity contribution in [3.05, 3.63) is 58.2 Å². The van der Waals surface area contributed by atoms with E-state index in [1.54, 1.807) is 26.8 Å². The number of aryl methyl sites for hydroxylation is 1. The number of esters is 1. The van der Waals surface area contributed by atoms with Gasteiger partial charge in [-0.3, -0.25) is 9.59 Å². The summed E-state index contributed by atoms with van der Waals surface area (Å²) in [6, 6.07) is 7.25. The van der Waals surface area contributed by atoms with Crippen LogP contribution in [0.3, 0.4) is 0 Å². The number of hydrogen-bond donors (Lipinski definition) is 2. The molecule has 0 saturated carbocycles. The number of hydrogen-bond acceptors (Lipinski definition) is 7. The van der Waals surface area contributed by atoms with E-state index in [0.29, 0.717) is 53.2 Å². The Bertz CT molecular complexity index is 1160. The van der Waals surface area contributed by atoms with Crippen LogP contribution in [0.5, 0.6) is 0 Å². The average molecular weight is 421 g/mol. The number of carbonyl (C=O) groups is 3. The van der Waals surface area contributed by atoms with Gasteiger partial charge in [0.15, 0.2) is 11.5 Å². The molecule has 160 valence electrons. The number of amides is 1. The van der Waals surface area contributed by atoms with Crippen LogP contribution in [0.1, 0.15) is 58.9 Å². The van der Waals surface area contributed by atoms with Crippen LogP contribution in [-0.2, 0) is 16.0 Å². The number of amidine groups is 1. The van der Waals surface area contributed by atoms with Crippen LogP contribution < -0.4 is 10.6 Å². The Labute approximate surface area is 179 Å². The Hall–Kier alpha value is -3.68. The van der Waals surface area contributed by atoms with E-state index in [1.165, 1.54) is 0 Å². The number of Topliss-reactive ketones (excluding diaryl/α,β-unsaturated/α-hetero) is 1. The summed E-state index contributed by atoms with van der Waals surface area (Å²) in [6.45, 7) is 5.29. The van der Waals surface area contributed by atoms with Gasteiger partial charge in [0.2, 0.25) is 0 Å². The fourth-order valence-electron chi connectivity index (χ4n) is 3.87. The molecular formula is C23H23N3O5. The standard InChI is InChI=1S/C23H23N3O5/c1-4-30-23(29)19-13(3)24-14-8-5-6-9-15(14)25-21(19)26-22(28)20-12(2)18-16(27)10-7-11-17(18)31-20/h5-6,8-9,24H,4,7,10-11H2,1-3H3,(H,25,26,28). The number of nitrogens with zero attached hydrogens (tertiary/aromatic N) is 1. The van der Waals surface area contributed by atoms with Gasteiger partial charge in [-0.2, -0.15) is 0 Å². The second-order valence-electron chi connectivity index (χ2n) is 7.41. The molecule has 0 fully saturated rings. The predicted octanol–water partition coefficient (Wildman–Crippen LogP) is 3.83. The van der Waals surface area contributed by atoms with E-state index < -0.39 is 11.9 Å². The van der Waals surface area contributed by atoms with Crippen molar-refractivity contribution < 1.29 is 23.5 Å². The zero-order valence-electron chi connectivity index (χ0n) is 17.6. The minimum absolute atomic E-state index is 0.0190. The number of anilines is 1. The second-order valence-corrected chi connectivity index (χ2v) is 7.41. The van der Waals surface area contributed by atoms with E-state index in [4.69, 9.17) is 9.15 Å². The molecule has 1 aromatic carbocycles. The Balaban J connectivity index is 1.75. The average Bonchev–Trinajstić information content (AvgIpc) is 3.00. The lowest BCUT2D eigenvalue weighted by Crippen LogP contribution is -2.35. The molecule has 0 bridgehead atoms.